The van der Waals surface area contributed by atoms with Gasteiger partial charge in [-0.3, -0.25) is 10.1 Å². The topological polar surface area (TPSA) is 143 Å². The number of anilines is 1. The van der Waals surface area contributed by atoms with Gasteiger partial charge in [0, 0.05) is 18.1 Å². The molecule has 2 aromatic carbocycles. The van der Waals surface area contributed by atoms with Crippen molar-refractivity contribution in [2.45, 2.75) is 13.8 Å². The number of carboxylic acid groups (broad SMARTS) is 1. The number of hydrogen-bond donors (Lipinski definition) is 1. The van der Waals surface area contributed by atoms with Crippen LogP contribution in [0.5, 0.6) is 0 Å². The zero-order valence-electron chi connectivity index (χ0n) is 15.9. The predicted molar refractivity (Wildman–Crippen MR) is 101 cm³/mol. The highest BCUT2D eigenvalue weighted by Gasteiger charge is 2.16. The van der Waals surface area contributed by atoms with Crippen LogP contribution < -0.4 is 15.5 Å². The highest BCUT2D eigenvalue weighted by atomic mass is 16.6. The quantitative estimate of drug-likeness (QED) is 0.241. The van der Waals surface area contributed by atoms with E-state index in [0.717, 1.165) is 17.8 Å². The van der Waals surface area contributed by atoms with Crippen molar-refractivity contribution in [1.29, 1.82) is 0 Å². The van der Waals surface area contributed by atoms with Crippen LogP contribution in [0.1, 0.15) is 12.5 Å². The van der Waals surface area contributed by atoms with Gasteiger partial charge in [0.1, 0.15) is 11.2 Å². The number of nitrogens with two attached hydrogens (primary N) is 1. The van der Waals surface area contributed by atoms with E-state index < -0.39 is 10.9 Å². The molecule has 146 valence electrons. The van der Waals surface area contributed by atoms with E-state index in [9.17, 15) is 10.1 Å². The molecular weight excluding hydrogens is 364 g/mol. The van der Waals surface area contributed by atoms with Crippen LogP contribution in [0.25, 0.3) is 10.9 Å². The zero-order valence-corrected chi connectivity index (χ0v) is 15.9. The van der Waals surface area contributed by atoms with Crippen molar-refractivity contribution in [2.75, 3.05) is 5.73 Å². The van der Waals surface area contributed by atoms with Crippen LogP contribution in [0.15, 0.2) is 46.8 Å². The molecule has 10 nitrogen and oxygen atoms in total. The summed E-state index contributed by atoms with van der Waals surface area (Å²) in [5.74, 6) is -1.08. The van der Waals surface area contributed by atoms with Crippen LogP contribution in [-0.2, 0) is 18.9 Å². The maximum absolute atomic E-state index is 10.8. The Bertz CT molecular complexity index is 1080. The molecule has 0 amide bonds. The molecule has 0 bridgehead atoms. The minimum absolute atomic E-state index is 0.0301. The second kappa shape index (κ2) is 8.25. The van der Waals surface area contributed by atoms with Crippen LogP contribution >= 0.6 is 0 Å². The minimum Gasteiger partial charge on any atom is -0.550 e. The van der Waals surface area contributed by atoms with E-state index in [4.69, 9.17) is 15.6 Å². The molecule has 0 aliphatic carbocycles. The first kappa shape index (κ1) is 20.5. The number of nitro benzene ring substituents is 1. The van der Waals surface area contributed by atoms with Gasteiger partial charge in [-0.2, -0.15) is 9.80 Å². The molecular formula is C18H20N6O4. The summed E-state index contributed by atoms with van der Waals surface area (Å²) in [5.41, 5.74) is 9.31. The summed E-state index contributed by atoms with van der Waals surface area (Å²) in [6, 6.07) is 8.19. The number of aryl methyl sites for hydroxylation is 3. The molecule has 0 saturated carbocycles. The first-order chi connectivity index (χ1) is 13.1. The Morgan fingerprint density at radius 1 is 1.25 bits per heavy atom. The van der Waals surface area contributed by atoms with Crippen molar-refractivity contribution in [2.24, 2.45) is 24.3 Å². The summed E-state index contributed by atoms with van der Waals surface area (Å²) in [6.45, 7) is 2.73. The molecule has 3 aromatic rings. The number of hydrogen-bond acceptors (Lipinski definition) is 7. The first-order valence-electron chi connectivity index (χ1n) is 8.20. The van der Waals surface area contributed by atoms with Gasteiger partial charge in [-0.15, -0.1) is 9.80 Å². The van der Waals surface area contributed by atoms with Gasteiger partial charge in [-0.05, 0) is 37.6 Å². The monoisotopic (exact) mass is 384 g/mol. The van der Waals surface area contributed by atoms with E-state index in [1.165, 1.54) is 12.1 Å². The highest BCUT2D eigenvalue weighted by Crippen LogP contribution is 2.33. The van der Waals surface area contributed by atoms with Gasteiger partial charge in [0.25, 0.3) is 5.69 Å². The third-order valence-corrected chi connectivity index (χ3v) is 3.99. The number of nitrogen functional groups attached to an aromatic ring is 1. The maximum atomic E-state index is 10.8. The van der Waals surface area contributed by atoms with Crippen molar-refractivity contribution in [1.82, 2.24) is 4.68 Å². The second-order valence-electron chi connectivity index (χ2n) is 6.09. The number of benzene rings is 2. The van der Waals surface area contributed by atoms with Crippen molar-refractivity contribution < 1.29 is 19.5 Å². The smallest absolute Gasteiger partial charge is 0.269 e. The minimum atomic E-state index is -1.08. The molecule has 0 spiro atoms. The van der Waals surface area contributed by atoms with Gasteiger partial charge < -0.3 is 15.6 Å². The molecule has 0 aliphatic rings. The summed E-state index contributed by atoms with van der Waals surface area (Å²) < 4.78 is 3.86. The number of azo groups is 1. The maximum Gasteiger partial charge on any atom is 0.269 e. The summed E-state index contributed by atoms with van der Waals surface area (Å²) in [7, 11) is 3.84. The molecule has 0 radical (unpaired) electrons. The number of carbonyl (C=O) groups is 1. The molecule has 0 aliphatic heterocycles. The number of fused-ring (bicyclic) bond motifs is 1. The Morgan fingerprint density at radius 2 is 1.89 bits per heavy atom. The summed E-state index contributed by atoms with van der Waals surface area (Å²) >= 11 is 0. The van der Waals surface area contributed by atoms with Gasteiger partial charge in [0.15, 0.2) is 7.05 Å². The fraction of sp³-hybridized carbons (Fsp3) is 0.222. The number of rotatable bonds is 3. The molecule has 3 rings (SSSR count). The molecule has 0 unspecified atom stereocenters. The van der Waals surface area contributed by atoms with E-state index in [2.05, 4.69) is 10.2 Å². The normalized spacial score (nSPS) is 10.7. The number of carboxylic acids is 1. The Labute approximate surface area is 160 Å². The van der Waals surface area contributed by atoms with Crippen LogP contribution in [0.4, 0.5) is 22.7 Å². The number of aromatic nitrogens is 2. The Balaban J connectivity index is 0.000000640. The largest absolute Gasteiger partial charge is 0.550 e. The van der Waals surface area contributed by atoms with Crippen molar-refractivity contribution in [3.63, 3.8) is 0 Å². The van der Waals surface area contributed by atoms with E-state index in [1.807, 2.05) is 35.7 Å². The Kier molecular flexibility index (Phi) is 6.04. The SMILES string of the molecule is CC(=O)[O-].Cc1cc([N+](=O)[O-])ccc1N=Nc1c(N)ccc2c[n+](C)n(C)c12. The highest BCUT2D eigenvalue weighted by molar-refractivity contribution is 5.94. The lowest BCUT2D eigenvalue weighted by molar-refractivity contribution is -0.748. The Hall–Kier alpha value is -3.82. The fourth-order valence-electron chi connectivity index (χ4n) is 2.58. The summed E-state index contributed by atoms with van der Waals surface area (Å²) in [6.07, 6.45) is 1.98. The van der Waals surface area contributed by atoms with Crippen molar-refractivity contribution in [3.8, 4) is 0 Å². The average molecular weight is 384 g/mol. The van der Waals surface area contributed by atoms with Gasteiger partial charge >= 0.3 is 0 Å². The van der Waals surface area contributed by atoms with E-state index in [1.54, 1.807) is 19.1 Å². The molecule has 1 aromatic heterocycles. The van der Waals surface area contributed by atoms with Crippen molar-refractivity contribution in [3.05, 3.63) is 52.2 Å². The van der Waals surface area contributed by atoms with Gasteiger partial charge in [-0.25, -0.2) is 0 Å². The molecule has 0 atom stereocenters. The fourth-order valence-corrected chi connectivity index (χ4v) is 2.58. The summed E-state index contributed by atoms with van der Waals surface area (Å²) in [4.78, 5) is 19.3. The number of aliphatic carboxylic acids is 1. The molecule has 28 heavy (non-hydrogen) atoms. The van der Waals surface area contributed by atoms with Crippen LogP contribution in [0.3, 0.4) is 0 Å². The van der Waals surface area contributed by atoms with Gasteiger partial charge in [0.2, 0.25) is 6.20 Å². The molecule has 10 heteroatoms. The molecule has 0 fully saturated rings. The second-order valence-corrected chi connectivity index (χ2v) is 6.09. The lowest BCUT2D eigenvalue weighted by atomic mass is 10.2. The molecule has 0 saturated heterocycles. The van der Waals surface area contributed by atoms with Crippen LogP contribution in [0, 0.1) is 17.0 Å². The van der Waals surface area contributed by atoms with Crippen molar-refractivity contribution >= 4 is 39.6 Å². The third kappa shape index (κ3) is 4.47. The van der Waals surface area contributed by atoms with Crippen LogP contribution in [0.2, 0.25) is 0 Å². The first-order valence-corrected chi connectivity index (χ1v) is 8.20. The number of nitro groups is 1. The van der Waals surface area contributed by atoms with E-state index >= 15 is 0 Å². The van der Waals surface area contributed by atoms with E-state index in [0.29, 0.717) is 22.6 Å². The lowest BCUT2D eigenvalue weighted by Crippen LogP contribution is -2.36. The molecule has 1 heterocycles. The molecule has 2 N–H and O–H groups in total. The standard InChI is InChI=1S/C16H16N6O2.C2H4O2/c1-10-8-12(22(23)24)5-7-14(10)18-19-15-13(17)6-4-11-9-20(2)21(3)16(11)15;1-2(3)4/h4-9,17H,1-3H3;1H3,(H,3,4). The number of nitrogens with zero attached hydrogens (tertiary/aromatic N) is 5. The zero-order chi connectivity index (χ0) is 21.0. The number of carbonyl (C=O) groups excluding carboxylic acids is 1. The average Bonchev–Trinajstić information content (AvgIpc) is 2.89. The number of non-ortho nitro benzene ring substituents is 1. The Morgan fingerprint density at radius 3 is 2.46 bits per heavy atom. The van der Waals surface area contributed by atoms with E-state index in [-0.39, 0.29) is 5.69 Å². The summed E-state index contributed by atoms with van der Waals surface area (Å²) in [5, 5.41) is 29.2. The van der Waals surface area contributed by atoms with Gasteiger partial charge in [-0.1, -0.05) is 0 Å². The third-order valence-electron chi connectivity index (χ3n) is 3.99. The van der Waals surface area contributed by atoms with Crippen LogP contribution in [-0.4, -0.2) is 15.6 Å². The lowest BCUT2D eigenvalue weighted by Gasteiger charge is -2.02. The van der Waals surface area contributed by atoms with Gasteiger partial charge in [0.05, 0.1) is 28.7 Å². The predicted octanol–water partition coefficient (Wildman–Crippen LogP) is 1.97.